The van der Waals surface area contributed by atoms with Gasteiger partial charge < -0.3 is 10.1 Å². The van der Waals surface area contributed by atoms with Crippen LogP contribution in [0.5, 0.6) is 5.75 Å². The third kappa shape index (κ3) is 5.25. The number of rotatable bonds is 5. The Balaban J connectivity index is 1.68. The lowest BCUT2D eigenvalue weighted by atomic mass is 9.95. The average molecular weight is 458 g/mol. The van der Waals surface area contributed by atoms with E-state index in [2.05, 4.69) is 30.8 Å². The molecule has 1 unspecified atom stereocenters. The van der Waals surface area contributed by atoms with Crippen molar-refractivity contribution in [1.29, 1.82) is 0 Å². The molecule has 1 atom stereocenters. The van der Waals surface area contributed by atoms with Gasteiger partial charge in [0.25, 0.3) is 0 Å². The Morgan fingerprint density at radius 3 is 2.50 bits per heavy atom. The van der Waals surface area contributed by atoms with Crippen molar-refractivity contribution in [2.75, 3.05) is 0 Å². The fourth-order valence-corrected chi connectivity index (χ4v) is 3.43. The van der Waals surface area contributed by atoms with Crippen LogP contribution in [0.3, 0.4) is 0 Å². The van der Waals surface area contributed by atoms with Gasteiger partial charge in [-0.2, -0.15) is 4.68 Å². The fourth-order valence-electron chi connectivity index (χ4n) is 3.43. The summed E-state index contributed by atoms with van der Waals surface area (Å²) in [6.07, 6.45) is 4.16. The highest BCUT2D eigenvalue weighted by atomic mass is 16.6. The minimum absolute atomic E-state index is 0.284. The average Bonchev–Trinajstić information content (AvgIpc) is 3.31. The molecule has 1 amide bonds. The molecule has 0 bridgehead atoms. The molecule has 9 nitrogen and oxygen atoms in total. The standard InChI is InChI=1S/C25H27N7O2/c1-16-6-8-18(9-7-16)19-12-20(32-23(25(3,4)5)29-30-31-32)14-21(13-19)34-24(33)28-17(2)22-15-26-10-11-27-22/h6-15,17H,1-5H3,(H,28,33). The Morgan fingerprint density at radius 1 is 1.06 bits per heavy atom. The van der Waals surface area contributed by atoms with Crippen LogP contribution < -0.4 is 10.1 Å². The molecule has 0 radical (unpaired) electrons. The van der Waals surface area contributed by atoms with Gasteiger partial charge in [-0.1, -0.05) is 50.6 Å². The van der Waals surface area contributed by atoms with Gasteiger partial charge in [-0.05, 0) is 47.5 Å². The predicted molar refractivity (Wildman–Crippen MR) is 128 cm³/mol. The van der Waals surface area contributed by atoms with Crippen molar-refractivity contribution in [1.82, 2.24) is 35.5 Å². The SMILES string of the molecule is Cc1ccc(-c2cc(OC(=O)NC(C)c3cnccn3)cc(-n3nnnc3C(C)(C)C)c2)cc1. The maximum absolute atomic E-state index is 12.7. The zero-order valence-electron chi connectivity index (χ0n) is 19.9. The maximum Gasteiger partial charge on any atom is 0.413 e. The minimum atomic E-state index is -0.599. The van der Waals surface area contributed by atoms with Crippen molar-refractivity contribution in [2.45, 2.75) is 46.1 Å². The Morgan fingerprint density at radius 2 is 1.82 bits per heavy atom. The first kappa shape index (κ1) is 23.0. The molecule has 2 aromatic heterocycles. The lowest BCUT2D eigenvalue weighted by Gasteiger charge is -2.18. The van der Waals surface area contributed by atoms with Gasteiger partial charge >= 0.3 is 6.09 Å². The largest absolute Gasteiger partial charge is 0.413 e. The van der Waals surface area contributed by atoms with Crippen LogP contribution in [0.2, 0.25) is 0 Å². The van der Waals surface area contributed by atoms with Gasteiger partial charge in [-0.3, -0.25) is 9.97 Å². The Labute approximate surface area is 198 Å². The van der Waals surface area contributed by atoms with Crippen molar-refractivity contribution in [3.05, 3.63) is 78.1 Å². The van der Waals surface area contributed by atoms with E-state index in [4.69, 9.17) is 4.74 Å². The Kier molecular flexibility index (Phi) is 6.36. The lowest BCUT2D eigenvalue weighted by Crippen LogP contribution is -2.30. The van der Waals surface area contributed by atoms with Crippen molar-refractivity contribution < 1.29 is 9.53 Å². The van der Waals surface area contributed by atoms with Gasteiger partial charge in [-0.15, -0.1) is 5.10 Å². The molecular weight excluding hydrogens is 430 g/mol. The summed E-state index contributed by atoms with van der Waals surface area (Å²) in [5, 5.41) is 15.1. The first-order valence-electron chi connectivity index (χ1n) is 11.0. The van der Waals surface area contributed by atoms with Gasteiger partial charge in [-0.25, -0.2) is 4.79 Å². The summed E-state index contributed by atoms with van der Waals surface area (Å²) in [5.41, 5.74) is 4.06. The van der Waals surface area contributed by atoms with E-state index in [1.165, 1.54) is 0 Å². The number of aromatic nitrogens is 6. The van der Waals surface area contributed by atoms with Gasteiger partial charge in [0.15, 0.2) is 5.82 Å². The molecule has 2 heterocycles. The van der Waals surface area contributed by atoms with E-state index < -0.39 is 6.09 Å². The molecule has 4 aromatic rings. The zero-order chi connectivity index (χ0) is 24.3. The number of carbonyl (C=O) groups is 1. The highest BCUT2D eigenvalue weighted by Gasteiger charge is 2.24. The zero-order valence-corrected chi connectivity index (χ0v) is 19.9. The van der Waals surface area contributed by atoms with Gasteiger partial charge in [0, 0.05) is 23.9 Å². The number of carbonyl (C=O) groups excluding carboxylic acids is 1. The second-order valence-corrected chi connectivity index (χ2v) is 9.13. The van der Waals surface area contributed by atoms with E-state index in [0.29, 0.717) is 23.0 Å². The molecule has 0 saturated carbocycles. The first-order valence-corrected chi connectivity index (χ1v) is 11.0. The van der Waals surface area contributed by atoms with Crippen LogP contribution in [0.25, 0.3) is 16.8 Å². The topological polar surface area (TPSA) is 108 Å². The number of aryl methyl sites for hydroxylation is 1. The third-order valence-electron chi connectivity index (χ3n) is 5.23. The van der Waals surface area contributed by atoms with Crippen molar-refractivity contribution in [3.8, 4) is 22.6 Å². The summed E-state index contributed by atoms with van der Waals surface area (Å²) in [6.45, 7) is 9.97. The molecular formula is C25H27N7O2. The number of tetrazole rings is 1. The van der Waals surface area contributed by atoms with Crippen LogP contribution in [0.1, 0.15) is 50.8 Å². The molecule has 2 aromatic carbocycles. The molecule has 0 aliphatic rings. The second-order valence-electron chi connectivity index (χ2n) is 9.13. The lowest BCUT2D eigenvalue weighted by molar-refractivity contribution is 0.196. The quantitative estimate of drug-likeness (QED) is 0.467. The number of nitrogens with zero attached hydrogens (tertiary/aromatic N) is 6. The van der Waals surface area contributed by atoms with E-state index >= 15 is 0 Å². The summed E-state index contributed by atoms with van der Waals surface area (Å²) in [4.78, 5) is 20.9. The molecule has 0 aliphatic carbocycles. The van der Waals surface area contributed by atoms with Crippen LogP contribution >= 0.6 is 0 Å². The van der Waals surface area contributed by atoms with Gasteiger partial charge in [0.1, 0.15) is 5.75 Å². The van der Waals surface area contributed by atoms with Crippen molar-refractivity contribution in [3.63, 3.8) is 0 Å². The number of nitrogens with one attached hydrogen (secondary N) is 1. The Hall–Kier alpha value is -4.14. The molecule has 0 aliphatic heterocycles. The molecule has 34 heavy (non-hydrogen) atoms. The monoisotopic (exact) mass is 457 g/mol. The molecule has 4 rings (SSSR count). The first-order chi connectivity index (χ1) is 16.2. The highest BCUT2D eigenvalue weighted by molar-refractivity contribution is 5.74. The van der Waals surface area contributed by atoms with Crippen molar-refractivity contribution in [2.24, 2.45) is 0 Å². The van der Waals surface area contributed by atoms with Crippen molar-refractivity contribution >= 4 is 6.09 Å². The van der Waals surface area contributed by atoms with Crippen LogP contribution in [0.15, 0.2) is 61.1 Å². The number of benzene rings is 2. The van der Waals surface area contributed by atoms with E-state index in [1.54, 1.807) is 29.3 Å². The van der Waals surface area contributed by atoms with Crippen LogP contribution in [0, 0.1) is 6.92 Å². The van der Waals surface area contributed by atoms with Crippen LogP contribution in [-0.2, 0) is 5.41 Å². The summed E-state index contributed by atoms with van der Waals surface area (Å²) in [5.74, 6) is 1.06. The summed E-state index contributed by atoms with van der Waals surface area (Å²) < 4.78 is 7.35. The van der Waals surface area contributed by atoms with E-state index in [-0.39, 0.29) is 11.5 Å². The maximum atomic E-state index is 12.7. The summed E-state index contributed by atoms with van der Waals surface area (Å²) in [7, 11) is 0. The third-order valence-corrected chi connectivity index (χ3v) is 5.23. The highest BCUT2D eigenvalue weighted by Crippen LogP contribution is 2.30. The molecule has 9 heteroatoms. The summed E-state index contributed by atoms with van der Waals surface area (Å²) >= 11 is 0. The van der Waals surface area contributed by atoms with Crippen LogP contribution in [-0.4, -0.2) is 36.3 Å². The number of ether oxygens (including phenoxy) is 1. The van der Waals surface area contributed by atoms with Crippen LogP contribution in [0.4, 0.5) is 4.79 Å². The second kappa shape index (κ2) is 9.38. The van der Waals surface area contributed by atoms with Gasteiger partial charge in [0.2, 0.25) is 0 Å². The van der Waals surface area contributed by atoms with E-state index in [1.807, 2.05) is 71.0 Å². The fraction of sp³-hybridized carbons (Fsp3) is 0.280. The molecule has 1 N–H and O–H groups in total. The van der Waals surface area contributed by atoms with E-state index in [0.717, 1.165) is 16.7 Å². The molecule has 0 saturated heterocycles. The summed E-state index contributed by atoms with van der Waals surface area (Å²) in [6, 6.07) is 13.3. The normalized spacial score (nSPS) is 12.3. The predicted octanol–water partition coefficient (Wildman–Crippen LogP) is 4.57. The minimum Gasteiger partial charge on any atom is -0.410 e. The van der Waals surface area contributed by atoms with E-state index in [9.17, 15) is 4.79 Å². The molecule has 0 fully saturated rings. The van der Waals surface area contributed by atoms with Gasteiger partial charge in [0.05, 0.1) is 23.6 Å². The number of hydrogen-bond donors (Lipinski definition) is 1. The number of hydrogen-bond acceptors (Lipinski definition) is 7. The molecule has 0 spiro atoms. The smallest absolute Gasteiger partial charge is 0.410 e. The Bertz CT molecular complexity index is 1280. The number of amides is 1. The molecule has 174 valence electrons.